The van der Waals surface area contributed by atoms with Crippen LogP contribution in [-0.2, 0) is 4.74 Å². The van der Waals surface area contributed by atoms with Gasteiger partial charge in [0.05, 0.1) is 11.6 Å². The normalized spacial score (nSPS) is 19.5. The molecule has 0 N–H and O–H groups in total. The maximum atomic E-state index is 9.91. The van der Waals surface area contributed by atoms with Crippen LogP contribution in [0.25, 0.3) is 5.76 Å². The second-order valence-corrected chi connectivity index (χ2v) is 6.31. The summed E-state index contributed by atoms with van der Waals surface area (Å²) < 4.78 is 6.36. The number of nitrogens with zero attached hydrogens (tertiary/aromatic N) is 2. The molecule has 2 aromatic carbocycles. The molecule has 2 atom stereocenters. The minimum atomic E-state index is -0.0957. The van der Waals surface area contributed by atoms with Gasteiger partial charge in [0.15, 0.2) is 0 Å². The third kappa shape index (κ3) is 3.10. The van der Waals surface area contributed by atoms with E-state index in [-0.39, 0.29) is 12.0 Å². The highest BCUT2D eigenvalue weighted by molar-refractivity contribution is 5.70. The quantitative estimate of drug-likeness (QED) is 0.654. The van der Waals surface area contributed by atoms with Gasteiger partial charge in [0.2, 0.25) is 0 Å². The minimum absolute atomic E-state index is 0.0165. The molecule has 0 saturated carbocycles. The van der Waals surface area contributed by atoms with Crippen LogP contribution in [0.2, 0.25) is 0 Å². The van der Waals surface area contributed by atoms with E-state index in [0.717, 1.165) is 23.1 Å². The van der Waals surface area contributed by atoms with E-state index in [1.54, 1.807) is 12.4 Å². The van der Waals surface area contributed by atoms with E-state index in [9.17, 15) is 5.26 Å². The van der Waals surface area contributed by atoms with Gasteiger partial charge in [0, 0.05) is 30.3 Å². The molecule has 0 aliphatic carbocycles. The summed E-state index contributed by atoms with van der Waals surface area (Å²) in [4.78, 5) is 4.12. The maximum Gasteiger partial charge on any atom is 0.141 e. The Kier molecular flexibility index (Phi) is 4.49. The Morgan fingerprint density at radius 2 is 1.50 bits per heavy atom. The molecule has 26 heavy (non-hydrogen) atoms. The van der Waals surface area contributed by atoms with Gasteiger partial charge in [-0.25, -0.2) is 0 Å². The Labute approximate surface area is 153 Å². The summed E-state index contributed by atoms with van der Waals surface area (Å²) in [6.45, 7) is 0. The molecule has 0 unspecified atom stereocenters. The molecule has 1 aliphatic rings. The lowest BCUT2D eigenvalue weighted by molar-refractivity contribution is 0.138. The number of rotatable bonds is 3. The van der Waals surface area contributed by atoms with Gasteiger partial charge in [0.1, 0.15) is 11.9 Å². The van der Waals surface area contributed by atoms with Crippen molar-refractivity contribution >= 4 is 5.76 Å². The zero-order chi connectivity index (χ0) is 17.8. The van der Waals surface area contributed by atoms with Crippen molar-refractivity contribution in [3.63, 3.8) is 0 Å². The Hall–Kier alpha value is -3.38. The first-order valence-corrected chi connectivity index (χ1v) is 8.68. The highest BCUT2D eigenvalue weighted by atomic mass is 16.5. The molecule has 3 aromatic rings. The summed E-state index contributed by atoms with van der Waals surface area (Å²) in [7, 11) is 0. The molecule has 0 fully saturated rings. The van der Waals surface area contributed by atoms with Gasteiger partial charge in [-0.2, -0.15) is 5.26 Å². The Balaban J connectivity index is 1.84. The predicted octanol–water partition coefficient (Wildman–Crippen LogP) is 5.26. The lowest BCUT2D eigenvalue weighted by Crippen LogP contribution is -2.19. The van der Waals surface area contributed by atoms with Gasteiger partial charge in [-0.1, -0.05) is 60.7 Å². The van der Waals surface area contributed by atoms with Gasteiger partial charge in [-0.05, 0) is 23.3 Å². The van der Waals surface area contributed by atoms with E-state index in [1.165, 1.54) is 0 Å². The second-order valence-electron chi connectivity index (χ2n) is 6.31. The van der Waals surface area contributed by atoms with Crippen molar-refractivity contribution in [2.24, 2.45) is 0 Å². The molecule has 1 aliphatic heterocycles. The fourth-order valence-electron chi connectivity index (χ4n) is 3.46. The molecule has 0 bridgehead atoms. The summed E-state index contributed by atoms with van der Waals surface area (Å²) in [6, 6.07) is 26.5. The third-order valence-electron chi connectivity index (χ3n) is 4.74. The molecular weight excluding hydrogens is 320 g/mol. The van der Waals surface area contributed by atoms with Crippen LogP contribution in [0.5, 0.6) is 0 Å². The van der Waals surface area contributed by atoms with E-state index in [1.807, 2.05) is 60.7 Å². The van der Waals surface area contributed by atoms with Gasteiger partial charge in [-0.3, -0.25) is 4.98 Å². The maximum absolute atomic E-state index is 9.91. The summed E-state index contributed by atoms with van der Waals surface area (Å²) >= 11 is 0. The van der Waals surface area contributed by atoms with Crippen LogP contribution in [-0.4, -0.2) is 4.98 Å². The lowest BCUT2D eigenvalue weighted by atomic mass is 9.82. The summed E-state index contributed by atoms with van der Waals surface area (Å²) in [5.41, 5.74) is 3.82. The number of aromatic nitrogens is 1. The van der Waals surface area contributed by atoms with Crippen molar-refractivity contribution in [3.8, 4) is 6.07 Å². The fourth-order valence-corrected chi connectivity index (χ4v) is 3.46. The first-order valence-electron chi connectivity index (χ1n) is 8.68. The Morgan fingerprint density at radius 1 is 0.846 bits per heavy atom. The number of allylic oxidation sites excluding steroid dienone is 1. The average Bonchev–Trinajstić information content (AvgIpc) is 2.74. The van der Waals surface area contributed by atoms with Gasteiger partial charge in [-0.15, -0.1) is 0 Å². The number of hydrogen-bond acceptors (Lipinski definition) is 3. The van der Waals surface area contributed by atoms with Crippen LogP contribution in [0.4, 0.5) is 0 Å². The fraction of sp³-hybridized carbons (Fsp3) is 0.130. The number of pyridine rings is 1. The number of ether oxygens (including phenoxy) is 1. The Morgan fingerprint density at radius 3 is 2.15 bits per heavy atom. The monoisotopic (exact) mass is 338 g/mol. The molecule has 0 amide bonds. The molecule has 3 nitrogen and oxygen atoms in total. The molecule has 0 spiro atoms. The molecule has 4 rings (SSSR count). The van der Waals surface area contributed by atoms with Crippen LogP contribution >= 0.6 is 0 Å². The average molecular weight is 338 g/mol. The van der Waals surface area contributed by atoms with Crippen molar-refractivity contribution in [2.45, 2.75) is 18.4 Å². The van der Waals surface area contributed by atoms with E-state index >= 15 is 0 Å². The van der Waals surface area contributed by atoms with Crippen molar-refractivity contribution in [1.82, 2.24) is 4.98 Å². The van der Waals surface area contributed by atoms with E-state index in [2.05, 4.69) is 23.2 Å². The topological polar surface area (TPSA) is 45.9 Å². The largest absolute Gasteiger partial charge is 0.484 e. The van der Waals surface area contributed by atoms with Crippen LogP contribution < -0.4 is 0 Å². The number of benzene rings is 2. The second kappa shape index (κ2) is 7.25. The van der Waals surface area contributed by atoms with E-state index < -0.39 is 0 Å². The molecule has 1 aromatic heterocycles. The van der Waals surface area contributed by atoms with Crippen molar-refractivity contribution in [3.05, 3.63) is 107 Å². The lowest BCUT2D eigenvalue weighted by Gasteiger charge is -2.32. The minimum Gasteiger partial charge on any atom is -0.484 e. The van der Waals surface area contributed by atoms with Crippen molar-refractivity contribution < 1.29 is 4.74 Å². The summed E-state index contributed by atoms with van der Waals surface area (Å²) in [5, 5.41) is 9.91. The molecule has 0 saturated heterocycles. The summed E-state index contributed by atoms with van der Waals surface area (Å²) in [6.07, 6.45) is 4.19. The SMILES string of the molecule is N#CC1=C(c2ccccc2)O[C@H](c2ccccc2)C[C@@H]1c1ccncc1. The zero-order valence-corrected chi connectivity index (χ0v) is 14.2. The molecule has 2 heterocycles. The third-order valence-corrected chi connectivity index (χ3v) is 4.74. The Bertz CT molecular complexity index is 944. The number of nitriles is 1. The highest BCUT2D eigenvalue weighted by Crippen LogP contribution is 2.45. The molecule has 3 heteroatoms. The van der Waals surface area contributed by atoms with Crippen molar-refractivity contribution in [2.75, 3.05) is 0 Å². The van der Waals surface area contributed by atoms with Gasteiger partial charge < -0.3 is 4.74 Å². The highest BCUT2D eigenvalue weighted by Gasteiger charge is 2.33. The first-order chi connectivity index (χ1) is 12.9. The standard InChI is InChI=1S/C23H18N2O/c24-16-21-20(17-11-13-25-14-12-17)15-22(18-7-3-1-4-8-18)26-23(21)19-9-5-2-6-10-19/h1-14,20,22H,15H2/t20-,22+/m1/s1. The predicted molar refractivity (Wildman–Crippen MR) is 101 cm³/mol. The molecule has 126 valence electrons. The first kappa shape index (κ1) is 16.1. The molecular formula is C23H18N2O. The van der Waals surface area contributed by atoms with Gasteiger partial charge in [0.25, 0.3) is 0 Å². The zero-order valence-electron chi connectivity index (χ0n) is 14.2. The van der Waals surface area contributed by atoms with Crippen molar-refractivity contribution in [1.29, 1.82) is 5.26 Å². The van der Waals surface area contributed by atoms with E-state index in [4.69, 9.17) is 4.74 Å². The smallest absolute Gasteiger partial charge is 0.141 e. The van der Waals surface area contributed by atoms with Gasteiger partial charge >= 0.3 is 0 Å². The van der Waals surface area contributed by atoms with Crippen LogP contribution in [0.15, 0.2) is 90.8 Å². The van der Waals surface area contributed by atoms with Crippen LogP contribution in [0.3, 0.4) is 0 Å². The van der Waals surface area contributed by atoms with E-state index in [0.29, 0.717) is 11.3 Å². The van der Waals surface area contributed by atoms with Crippen LogP contribution in [0, 0.1) is 11.3 Å². The number of hydrogen-bond donors (Lipinski definition) is 0. The van der Waals surface area contributed by atoms with Crippen LogP contribution in [0.1, 0.15) is 35.1 Å². The molecule has 0 radical (unpaired) electrons. The summed E-state index contributed by atoms with van der Waals surface area (Å²) in [5.74, 6) is 0.659.